The van der Waals surface area contributed by atoms with Crippen LogP contribution in [0.25, 0.3) is 0 Å². The van der Waals surface area contributed by atoms with Gasteiger partial charge in [0.25, 0.3) is 0 Å². The van der Waals surface area contributed by atoms with E-state index in [4.69, 9.17) is 0 Å². The van der Waals surface area contributed by atoms with Crippen molar-refractivity contribution in [2.75, 3.05) is 28.2 Å². The maximum absolute atomic E-state index is 3.80. The van der Waals surface area contributed by atoms with Crippen LogP contribution >= 0.6 is 0 Å². The molecule has 1 N–H and O–H groups in total. The molecule has 0 saturated carbocycles. The van der Waals surface area contributed by atoms with Gasteiger partial charge in [0.05, 0.1) is 17.4 Å². The Morgan fingerprint density at radius 2 is 1.65 bits per heavy atom. The summed E-state index contributed by atoms with van der Waals surface area (Å²) in [5, 5.41) is 3.80. The predicted octanol–water partition coefficient (Wildman–Crippen LogP) is 4.48. The number of para-hydroxylation sites is 3. The molecule has 2 aromatic carbocycles. The third-order valence-electron chi connectivity index (χ3n) is 4.95. The van der Waals surface area contributed by atoms with E-state index in [9.17, 15) is 0 Å². The summed E-state index contributed by atoms with van der Waals surface area (Å²) >= 11 is 0. The smallest absolute Gasteiger partial charge is 0.127 e. The molecular weight excluding hydrogens is 282 g/mol. The van der Waals surface area contributed by atoms with Crippen molar-refractivity contribution in [3.05, 3.63) is 54.1 Å². The zero-order valence-corrected chi connectivity index (χ0v) is 14.2. The zero-order chi connectivity index (χ0) is 16.0. The average Bonchev–Trinajstić information content (AvgIpc) is 2.86. The Labute approximate surface area is 138 Å². The van der Waals surface area contributed by atoms with Gasteiger partial charge >= 0.3 is 0 Å². The number of nitrogens with one attached hydrogen (secondary N) is 1. The molecule has 2 aromatic rings. The number of rotatable bonds is 3. The standard InChI is InChI=1S/C20H25N3/c1-4-22-18-12-8-6-10-16(18)21-19-15-9-5-7-11-17(15)23(20(19)22)13-14(2)3/h5-12,14,19-21H,4,13H2,1-3H3. The summed E-state index contributed by atoms with van der Waals surface area (Å²) in [7, 11) is 0. The van der Waals surface area contributed by atoms with E-state index in [-0.39, 0.29) is 0 Å². The van der Waals surface area contributed by atoms with Crippen LogP contribution in [0.15, 0.2) is 48.5 Å². The highest BCUT2D eigenvalue weighted by Crippen LogP contribution is 2.48. The SMILES string of the molecule is CCN1c2ccccc2NC2c3ccccc3N(CC(C)C)C21. The van der Waals surface area contributed by atoms with Gasteiger partial charge in [-0.15, -0.1) is 0 Å². The first-order valence-electron chi connectivity index (χ1n) is 8.68. The Bertz CT molecular complexity index is 710. The van der Waals surface area contributed by atoms with Crippen molar-refractivity contribution in [1.82, 2.24) is 0 Å². The second-order valence-electron chi connectivity index (χ2n) is 6.94. The summed E-state index contributed by atoms with van der Waals surface area (Å²) in [6.07, 6.45) is 0.356. The van der Waals surface area contributed by atoms with Crippen molar-refractivity contribution < 1.29 is 0 Å². The van der Waals surface area contributed by atoms with Crippen molar-refractivity contribution in [3.63, 3.8) is 0 Å². The van der Waals surface area contributed by atoms with Crippen molar-refractivity contribution >= 4 is 17.1 Å². The molecule has 0 bridgehead atoms. The minimum absolute atomic E-state index is 0.333. The minimum atomic E-state index is 0.333. The summed E-state index contributed by atoms with van der Waals surface area (Å²) < 4.78 is 0. The number of likely N-dealkylation sites (N-methyl/N-ethyl adjacent to an activating group) is 1. The number of fused-ring (bicyclic) bond motifs is 4. The molecule has 2 aliphatic heterocycles. The highest BCUT2D eigenvalue weighted by molar-refractivity contribution is 5.78. The molecule has 120 valence electrons. The average molecular weight is 307 g/mol. The Kier molecular flexibility index (Phi) is 3.44. The molecule has 23 heavy (non-hydrogen) atoms. The van der Waals surface area contributed by atoms with Crippen LogP contribution in [0.2, 0.25) is 0 Å². The lowest BCUT2D eigenvalue weighted by molar-refractivity contribution is 0.486. The molecule has 0 fully saturated rings. The van der Waals surface area contributed by atoms with Crippen LogP contribution in [0.1, 0.15) is 32.4 Å². The summed E-state index contributed by atoms with van der Waals surface area (Å²) in [4.78, 5) is 5.15. The van der Waals surface area contributed by atoms with E-state index in [0.29, 0.717) is 18.1 Å². The third-order valence-corrected chi connectivity index (χ3v) is 4.95. The van der Waals surface area contributed by atoms with E-state index < -0.39 is 0 Å². The molecule has 4 rings (SSSR count). The minimum Gasteiger partial charge on any atom is -0.373 e. The summed E-state index contributed by atoms with van der Waals surface area (Å²) in [5.41, 5.74) is 5.37. The van der Waals surface area contributed by atoms with Gasteiger partial charge in [0.15, 0.2) is 0 Å². The van der Waals surface area contributed by atoms with Crippen molar-refractivity contribution in [3.8, 4) is 0 Å². The van der Waals surface area contributed by atoms with Crippen LogP contribution in [0.3, 0.4) is 0 Å². The molecule has 0 aromatic heterocycles. The van der Waals surface area contributed by atoms with E-state index in [2.05, 4.69) is 84.4 Å². The van der Waals surface area contributed by atoms with Crippen molar-refractivity contribution in [1.29, 1.82) is 0 Å². The Morgan fingerprint density at radius 1 is 0.957 bits per heavy atom. The highest BCUT2D eigenvalue weighted by Gasteiger charge is 2.44. The fourth-order valence-electron chi connectivity index (χ4n) is 4.11. The number of hydrogen-bond donors (Lipinski definition) is 1. The first-order valence-corrected chi connectivity index (χ1v) is 8.68. The number of hydrogen-bond acceptors (Lipinski definition) is 3. The van der Waals surface area contributed by atoms with E-state index in [1.807, 2.05) is 0 Å². The fourth-order valence-corrected chi connectivity index (χ4v) is 4.11. The largest absolute Gasteiger partial charge is 0.373 e. The third kappa shape index (κ3) is 2.18. The molecule has 0 radical (unpaired) electrons. The monoisotopic (exact) mass is 307 g/mol. The quantitative estimate of drug-likeness (QED) is 0.902. The van der Waals surface area contributed by atoms with E-state index in [1.165, 1.54) is 22.6 Å². The number of nitrogens with zero attached hydrogens (tertiary/aromatic N) is 2. The van der Waals surface area contributed by atoms with E-state index in [0.717, 1.165) is 13.1 Å². The second-order valence-corrected chi connectivity index (χ2v) is 6.94. The van der Waals surface area contributed by atoms with Gasteiger partial charge in [0, 0.05) is 24.3 Å². The van der Waals surface area contributed by atoms with Gasteiger partial charge in [0.2, 0.25) is 0 Å². The maximum atomic E-state index is 3.80. The van der Waals surface area contributed by atoms with Crippen LogP contribution in [0.4, 0.5) is 17.1 Å². The normalized spacial score (nSPS) is 21.7. The van der Waals surface area contributed by atoms with Crippen LogP contribution in [-0.4, -0.2) is 19.3 Å². The molecule has 3 nitrogen and oxygen atoms in total. The molecule has 0 aliphatic carbocycles. The molecule has 2 aliphatic rings. The second kappa shape index (κ2) is 5.48. The molecule has 2 unspecified atom stereocenters. The van der Waals surface area contributed by atoms with Gasteiger partial charge in [-0.3, -0.25) is 0 Å². The molecule has 0 amide bonds. The molecule has 2 atom stereocenters. The topological polar surface area (TPSA) is 18.5 Å². The Balaban J connectivity index is 1.84. The van der Waals surface area contributed by atoms with Gasteiger partial charge < -0.3 is 15.1 Å². The first-order chi connectivity index (χ1) is 11.2. The molecular formula is C20H25N3. The molecule has 0 spiro atoms. The van der Waals surface area contributed by atoms with Crippen molar-refractivity contribution in [2.45, 2.75) is 33.0 Å². The molecule has 0 saturated heterocycles. The van der Waals surface area contributed by atoms with Crippen LogP contribution in [-0.2, 0) is 0 Å². The van der Waals surface area contributed by atoms with Gasteiger partial charge in [-0.2, -0.15) is 0 Å². The van der Waals surface area contributed by atoms with Gasteiger partial charge in [0.1, 0.15) is 6.17 Å². The number of anilines is 3. The van der Waals surface area contributed by atoms with Crippen LogP contribution in [0, 0.1) is 5.92 Å². The van der Waals surface area contributed by atoms with Gasteiger partial charge in [-0.25, -0.2) is 0 Å². The van der Waals surface area contributed by atoms with Crippen LogP contribution < -0.4 is 15.1 Å². The lowest BCUT2D eigenvalue weighted by Gasteiger charge is -2.45. The van der Waals surface area contributed by atoms with Gasteiger partial charge in [-0.05, 0) is 31.0 Å². The molecule has 3 heteroatoms. The zero-order valence-electron chi connectivity index (χ0n) is 14.2. The molecule has 2 heterocycles. The van der Waals surface area contributed by atoms with Gasteiger partial charge in [-0.1, -0.05) is 44.2 Å². The summed E-state index contributed by atoms with van der Waals surface area (Å²) in [6.45, 7) is 8.96. The summed E-state index contributed by atoms with van der Waals surface area (Å²) in [6, 6.07) is 17.9. The van der Waals surface area contributed by atoms with Crippen molar-refractivity contribution in [2.24, 2.45) is 5.92 Å². The Morgan fingerprint density at radius 3 is 2.39 bits per heavy atom. The lowest BCUT2D eigenvalue weighted by atomic mass is 10.0. The highest BCUT2D eigenvalue weighted by atomic mass is 15.4. The van der Waals surface area contributed by atoms with Crippen LogP contribution in [0.5, 0.6) is 0 Å². The number of benzene rings is 2. The Hall–Kier alpha value is -2.16. The first kappa shape index (κ1) is 14.4. The fraction of sp³-hybridized carbons (Fsp3) is 0.400. The summed E-state index contributed by atoms with van der Waals surface area (Å²) in [5.74, 6) is 0.637. The van der Waals surface area contributed by atoms with E-state index in [1.54, 1.807) is 0 Å². The van der Waals surface area contributed by atoms with E-state index >= 15 is 0 Å². The predicted molar refractivity (Wildman–Crippen MR) is 98.2 cm³/mol. The maximum Gasteiger partial charge on any atom is 0.127 e. The lowest BCUT2D eigenvalue weighted by Crippen LogP contribution is -2.53.